The highest BCUT2D eigenvalue weighted by atomic mass is 16.5. The zero-order chi connectivity index (χ0) is 16.8. The van der Waals surface area contributed by atoms with E-state index in [1.54, 1.807) is 13.2 Å². The summed E-state index contributed by atoms with van der Waals surface area (Å²) in [5.41, 5.74) is 1.76. The molecule has 2 aromatic rings. The van der Waals surface area contributed by atoms with E-state index >= 15 is 0 Å². The molecule has 1 N–H and O–H groups in total. The molecule has 0 atom stereocenters. The maximum absolute atomic E-state index is 12.2. The summed E-state index contributed by atoms with van der Waals surface area (Å²) in [5, 5.41) is 2.87. The molecular weight excluding hydrogens is 306 g/mol. The van der Waals surface area contributed by atoms with Crippen molar-refractivity contribution >= 4 is 5.91 Å². The van der Waals surface area contributed by atoms with E-state index in [9.17, 15) is 4.79 Å². The van der Waals surface area contributed by atoms with Crippen LogP contribution in [0.1, 0.15) is 22.3 Å². The number of methoxy groups -OCH3 is 1. The molecule has 0 radical (unpaired) electrons. The Morgan fingerprint density at radius 1 is 1.17 bits per heavy atom. The molecule has 5 nitrogen and oxygen atoms in total. The number of benzene rings is 2. The molecule has 0 saturated heterocycles. The molecule has 0 fully saturated rings. The minimum Gasteiger partial charge on any atom is -0.497 e. The van der Waals surface area contributed by atoms with Crippen LogP contribution in [0.2, 0.25) is 0 Å². The Morgan fingerprint density at radius 2 is 1.96 bits per heavy atom. The lowest BCUT2D eigenvalue weighted by Gasteiger charge is -2.17. The first-order chi connectivity index (χ1) is 11.8. The molecule has 1 aliphatic rings. The van der Waals surface area contributed by atoms with E-state index in [1.165, 1.54) is 0 Å². The third-order valence-corrected chi connectivity index (χ3v) is 3.89. The lowest BCUT2D eigenvalue weighted by Crippen LogP contribution is -2.28. The Hall–Kier alpha value is -2.69. The maximum atomic E-state index is 12.2. The predicted molar refractivity (Wildman–Crippen MR) is 91.1 cm³/mol. The van der Waals surface area contributed by atoms with Crippen LogP contribution in [-0.4, -0.2) is 32.8 Å². The number of hydrogen-bond acceptors (Lipinski definition) is 4. The summed E-state index contributed by atoms with van der Waals surface area (Å²) < 4.78 is 16.2. The van der Waals surface area contributed by atoms with Crippen LogP contribution in [0.3, 0.4) is 0 Å². The van der Waals surface area contributed by atoms with Crippen LogP contribution in [0.4, 0.5) is 0 Å². The highest BCUT2D eigenvalue weighted by molar-refractivity contribution is 5.94. The van der Waals surface area contributed by atoms with Crippen molar-refractivity contribution in [1.29, 1.82) is 0 Å². The number of aryl methyl sites for hydroxylation is 1. The molecule has 3 rings (SSSR count). The molecule has 0 spiro atoms. The molecule has 0 unspecified atom stereocenters. The number of amides is 1. The fraction of sp³-hybridized carbons (Fsp3) is 0.316. The molecule has 0 bridgehead atoms. The van der Waals surface area contributed by atoms with Crippen LogP contribution in [0.5, 0.6) is 17.2 Å². The second-order valence-corrected chi connectivity index (χ2v) is 5.55. The Kier molecular flexibility index (Phi) is 5.21. The predicted octanol–water partition coefficient (Wildman–Crippen LogP) is 2.83. The van der Waals surface area contributed by atoms with Crippen molar-refractivity contribution in [2.75, 3.05) is 26.9 Å². The van der Waals surface area contributed by atoms with Crippen LogP contribution >= 0.6 is 0 Å². The van der Waals surface area contributed by atoms with Gasteiger partial charge < -0.3 is 19.5 Å². The van der Waals surface area contributed by atoms with Gasteiger partial charge in [-0.2, -0.15) is 0 Å². The summed E-state index contributed by atoms with van der Waals surface area (Å²) in [4.78, 5) is 12.2. The van der Waals surface area contributed by atoms with Gasteiger partial charge in [0.05, 0.1) is 20.3 Å². The van der Waals surface area contributed by atoms with Gasteiger partial charge in [-0.3, -0.25) is 4.79 Å². The second-order valence-electron chi connectivity index (χ2n) is 5.55. The van der Waals surface area contributed by atoms with Crippen molar-refractivity contribution in [2.45, 2.75) is 12.8 Å². The molecule has 2 aromatic carbocycles. The smallest absolute Gasteiger partial charge is 0.251 e. The highest BCUT2D eigenvalue weighted by Crippen LogP contribution is 2.25. The minimum absolute atomic E-state index is 0.0956. The molecule has 0 aromatic heterocycles. The van der Waals surface area contributed by atoms with Gasteiger partial charge in [0.15, 0.2) is 0 Å². The molecule has 5 heteroatoms. The van der Waals surface area contributed by atoms with Crippen LogP contribution in [-0.2, 0) is 6.42 Å². The van der Waals surface area contributed by atoms with Crippen molar-refractivity contribution < 1.29 is 19.0 Å². The van der Waals surface area contributed by atoms with Gasteiger partial charge in [-0.25, -0.2) is 0 Å². The molecule has 126 valence electrons. The first-order valence-corrected chi connectivity index (χ1v) is 8.07. The normalized spacial score (nSPS) is 12.7. The summed E-state index contributed by atoms with van der Waals surface area (Å²) in [6, 6.07) is 12.9. The number of fused-ring (bicyclic) bond motifs is 1. The van der Waals surface area contributed by atoms with Gasteiger partial charge >= 0.3 is 0 Å². The van der Waals surface area contributed by atoms with Gasteiger partial charge in [-0.15, -0.1) is 0 Å². The number of ether oxygens (including phenoxy) is 3. The fourth-order valence-corrected chi connectivity index (χ4v) is 2.61. The summed E-state index contributed by atoms with van der Waals surface area (Å²) in [7, 11) is 1.62. The topological polar surface area (TPSA) is 56.8 Å². The van der Waals surface area contributed by atoms with Crippen LogP contribution in [0.15, 0.2) is 42.5 Å². The quantitative estimate of drug-likeness (QED) is 0.829. The van der Waals surface area contributed by atoms with Gasteiger partial charge in [0.25, 0.3) is 5.91 Å². The van der Waals surface area contributed by atoms with Gasteiger partial charge in [-0.1, -0.05) is 0 Å². The van der Waals surface area contributed by atoms with Crippen LogP contribution < -0.4 is 19.5 Å². The summed E-state index contributed by atoms with van der Waals surface area (Å²) in [5.74, 6) is 2.32. The maximum Gasteiger partial charge on any atom is 0.251 e. The summed E-state index contributed by atoms with van der Waals surface area (Å²) in [6.07, 6.45) is 1.95. The Morgan fingerprint density at radius 3 is 2.75 bits per heavy atom. The Bertz CT molecular complexity index is 697. The van der Waals surface area contributed by atoms with Crippen molar-refractivity contribution in [3.05, 3.63) is 53.6 Å². The zero-order valence-electron chi connectivity index (χ0n) is 13.7. The average Bonchev–Trinajstić information content (AvgIpc) is 2.65. The van der Waals surface area contributed by atoms with E-state index in [-0.39, 0.29) is 5.91 Å². The number of hydrogen-bond donors (Lipinski definition) is 1. The number of carbonyl (C=O) groups excluding carboxylic acids is 1. The number of nitrogens with one attached hydrogen (secondary N) is 1. The summed E-state index contributed by atoms with van der Waals surface area (Å²) in [6.45, 7) is 1.60. The van der Waals surface area contributed by atoms with Crippen molar-refractivity contribution in [1.82, 2.24) is 5.32 Å². The molecule has 0 aliphatic carbocycles. The lowest BCUT2D eigenvalue weighted by atomic mass is 10.0. The van der Waals surface area contributed by atoms with E-state index < -0.39 is 0 Å². The monoisotopic (exact) mass is 327 g/mol. The lowest BCUT2D eigenvalue weighted by molar-refractivity contribution is 0.0947. The van der Waals surface area contributed by atoms with E-state index in [0.29, 0.717) is 18.7 Å². The van der Waals surface area contributed by atoms with Gasteiger partial charge in [0.2, 0.25) is 0 Å². The fourth-order valence-electron chi connectivity index (χ4n) is 2.61. The Labute approximate surface area is 141 Å². The van der Waals surface area contributed by atoms with Crippen molar-refractivity contribution in [2.24, 2.45) is 0 Å². The van der Waals surface area contributed by atoms with E-state index in [0.717, 1.165) is 42.3 Å². The van der Waals surface area contributed by atoms with Gasteiger partial charge in [-0.05, 0) is 60.9 Å². The number of rotatable bonds is 6. The largest absolute Gasteiger partial charge is 0.497 e. The molecule has 1 aliphatic heterocycles. The third kappa shape index (κ3) is 3.98. The molecular formula is C19H21NO4. The standard InChI is InChI=1S/C19H21NO4/c1-22-16-5-7-17(8-6-16)23-12-10-20-19(21)15-4-9-18-14(13-15)3-2-11-24-18/h4-9,13H,2-3,10-12H2,1H3,(H,20,21). The third-order valence-electron chi connectivity index (χ3n) is 3.89. The zero-order valence-corrected chi connectivity index (χ0v) is 13.7. The van der Waals surface area contributed by atoms with E-state index in [1.807, 2.05) is 36.4 Å². The highest BCUT2D eigenvalue weighted by Gasteiger charge is 2.13. The first kappa shape index (κ1) is 16.2. The minimum atomic E-state index is -0.0956. The second kappa shape index (κ2) is 7.73. The van der Waals surface area contributed by atoms with Crippen LogP contribution in [0.25, 0.3) is 0 Å². The average molecular weight is 327 g/mol. The molecule has 1 heterocycles. The van der Waals surface area contributed by atoms with Crippen molar-refractivity contribution in [3.63, 3.8) is 0 Å². The number of carbonyl (C=O) groups is 1. The molecule has 0 saturated carbocycles. The summed E-state index contributed by atoms with van der Waals surface area (Å²) >= 11 is 0. The Balaban J connectivity index is 1.47. The SMILES string of the molecule is COc1ccc(OCCNC(=O)c2ccc3c(c2)CCCO3)cc1. The van der Waals surface area contributed by atoms with Crippen LogP contribution in [0, 0.1) is 0 Å². The van der Waals surface area contributed by atoms with Gasteiger partial charge in [0, 0.05) is 5.56 Å². The molecule has 1 amide bonds. The molecule has 24 heavy (non-hydrogen) atoms. The van der Waals surface area contributed by atoms with E-state index in [4.69, 9.17) is 14.2 Å². The van der Waals surface area contributed by atoms with Gasteiger partial charge in [0.1, 0.15) is 23.9 Å². The van der Waals surface area contributed by atoms with E-state index in [2.05, 4.69) is 5.32 Å². The van der Waals surface area contributed by atoms with Crippen molar-refractivity contribution in [3.8, 4) is 17.2 Å². The first-order valence-electron chi connectivity index (χ1n) is 8.07.